The molecule has 0 fully saturated rings. The van der Waals surface area contributed by atoms with E-state index in [-0.39, 0.29) is 5.41 Å². The lowest BCUT2D eigenvalue weighted by atomic mass is 9.81. The molecule has 2 aromatic heterocycles. The second-order valence-corrected chi connectivity index (χ2v) is 12.5. The fraction of sp³-hybridized carbons (Fsp3) is 0.0714. The zero-order valence-corrected chi connectivity index (χ0v) is 25.5. The molecule has 0 saturated carbocycles. The van der Waals surface area contributed by atoms with Crippen molar-refractivity contribution in [3.8, 4) is 56.4 Å². The molecule has 0 amide bonds. The van der Waals surface area contributed by atoms with E-state index < -0.39 is 0 Å². The largest absolute Gasteiger partial charge is 0.456 e. The predicted molar refractivity (Wildman–Crippen MR) is 186 cm³/mol. The summed E-state index contributed by atoms with van der Waals surface area (Å²) in [4.78, 5) is 14.8. The molecule has 2 heterocycles. The third kappa shape index (κ3) is 4.11. The molecule has 0 N–H and O–H groups in total. The minimum atomic E-state index is -0.0763. The first-order chi connectivity index (χ1) is 22.5. The van der Waals surface area contributed by atoms with Crippen molar-refractivity contribution in [2.24, 2.45) is 0 Å². The number of rotatable bonds is 4. The van der Waals surface area contributed by atoms with Gasteiger partial charge in [0.25, 0.3) is 0 Å². The summed E-state index contributed by atoms with van der Waals surface area (Å²) >= 11 is 0. The maximum atomic E-state index is 6.42. The van der Waals surface area contributed by atoms with E-state index in [1.165, 1.54) is 27.8 Å². The molecule has 0 saturated heterocycles. The third-order valence-corrected chi connectivity index (χ3v) is 9.35. The van der Waals surface area contributed by atoms with E-state index in [0.717, 1.165) is 44.2 Å². The number of nitrogens with zero attached hydrogens (tertiary/aromatic N) is 3. The maximum Gasteiger partial charge on any atom is 0.164 e. The number of furan rings is 1. The van der Waals surface area contributed by atoms with Crippen molar-refractivity contribution >= 4 is 21.9 Å². The summed E-state index contributed by atoms with van der Waals surface area (Å²) in [7, 11) is 0. The van der Waals surface area contributed by atoms with Gasteiger partial charge in [0.05, 0.1) is 0 Å². The van der Waals surface area contributed by atoms with Crippen LogP contribution in [0.1, 0.15) is 25.0 Å². The molecule has 1 aliphatic carbocycles. The van der Waals surface area contributed by atoms with Crippen molar-refractivity contribution in [3.05, 3.63) is 151 Å². The second kappa shape index (κ2) is 10.1. The van der Waals surface area contributed by atoms with Crippen LogP contribution < -0.4 is 0 Å². The van der Waals surface area contributed by atoms with Crippen LogP contribution in [0.2, 0.25) is 0 Å². The highest BCUT2D eigenvalue weighted by atomic mass is 16.3. The van der Waals surface area contributed by atoms with Crippen molar-refractivity contribution in [3.63, 3.8) is 0 Å². The maximum absolute atomic E-state index is 6.42. The molecular weight excluding hydrogens is 562 g/mol. The fourth-order valence-corrected chi connectivity index (χ4v) is 7.02. The molecular formula is C42H29N3O. The molecule has 0 bridgehead atoms. The number of fused-ring (bicyclic) bond motifs is 6. The smallest absolute Gasteiger partial charge is 0.164 e. The van der Waals surface area contributed by atoms with E-state index in [2.05, 4.69) is 80.6 Å². The van der Waals surface area contributed by atoms with Crippen molar-refractivity contribution in [2.45, 2.75) is 19.3 Å². The lowest BCUT2D eigenvalue weighted by Crippen LogP contribution is -2.14. The average Bonchev–Trinajstić information content (AvgIpc) is 3.60. The monoisotopic (exact) mass is 591 g/mol. The Hall–Kier alpha value is -5.87. The van der Waals surface area contributed by atoms with Gasteiger partial charge in [-0.25, -0.2) is 15.0 Å². The molecule has 0 spiro atoms. The standard InChI is InChI=1S/C42H29N3O/c1-42(2)34-18-10-9-16-31(34)32-22-20-28(25-35(32)42)30-17-11-19-37-38(30)33-24-29(21-23-36(33)46-37)41-44-39(26-12-5-3-6-13-26)43-40(45-41)27-14-7-4-8-15-27/h3-25H,1-2H3. The Morgan fingerprint density at radius 2 is 1.02 bits per heavy atom. The first kappa shape index (κ1) is 26.5. The fourth-order valence-electron chi connectivity index (χ4n) is 7.02. The lowest BCUT2D eigenvalue weighted by molar-refractivity contribution is 0.660. The van der Waals surface area contributed by atoms with E-state index in [1.54, 1.807) is 0 Å². The van der Waals surface area contributed by atoms with Crippen molar-refractivity contribution in [2.75, 3.05) is 0 Å². The van der Waals surface area contributed by atoms with Crippen LogP contribution in [0.3, 0.4) is 0 Å². The summed E-state index contributed by atoms with van der Waals surface area (Å²) in [6.45, 7) is 4.65. The van der Waals surface area contributed by atoms with Crippen molar-refractivity contribution in [1.29, 1.82) is 0 Å². The molecule has 1 aliphatic rings. The Labute approximate surface area is 267 Å². The Morgan fingerprint density at radius 1 is 0.435 bits per heavy atom. The topological polar surface area (TPSA) is 51.8 Å². The van der Waals surface area contributed by atoms with Crippen LogP contribution in [0.15, 0.2) is 144 Å². The van der Waals surface area contributed by atoms with Crippen molar-refractivity contribution < 1.29 is 4.42 Å². The molecule has 4 nitrogen and oxygen atoms in total. The summed E-state index contributed by atoms with van der Waals surface area (Å²) in [6, 6.07) is 48.4. The van der Waals surface area contributed by atoms with Crippen LogP contribution in [0.5, 0.6) is 0 Å². The van der Waals surface area contributed by atoms with E-state index in [0.29, 0.717) is 17.5 Å². The van der Waals surface area contributed by atoms with Crippen molar-refractivity contribution in [1.82, 2.24) is 15.0 Å². The van der Waals surface area contributed by atoms with Crippen LogP contribution in [0, 0.1) is 0 Å². The number of aromatic nitrogens is 3. The molecule has 8 aromatic rings. The molecule has 4 heteroatoms. The quantitative estimate of drug-likeness (QED) is 0.204. The van der Waals surface area contributed by atoms with Gasteiger partial charge >= 0.3 is 0 Å². The van der Waals surface area contributed by atoms with Gasteiger partial charge in [-0.1, -0.05) is 123 Å². The first-order valence-corrected chi connectivity index (χ1v) is 15.6. The zero-order chi connectivity index (χ0) is 30.8. The highest BCUT2D eigenvalue weighted by Crippen LogP contribution is 2.50. The summed E-state index contributed by atoms with van der Waals surface area (Å²) in [5.74, 6) is 1.91. The summed E-state index contributed by atoms with van der Waals surface area (Å²) in [5, 5.41) is 2.13. The second-order valence-electron chi connectivity index (χ2n) is 12.5. The summed E-state index contributed by atoms with van der Waals surface area (Å²) in [6.07, 6.45) is 0. The zero-order valence-electron chi connectivity index (χ0n) is 25.5. The van der Waals surface area contributed by atoms with Gasteiger partial charge in [-0.2, -0.15) is 0 Å². The number of benzene rings is 6. The van der Waals surface area contributed by atoms with Gasteiger partial charge in [0.2, 0.25) is 0 Å². The normalized spacial score (nSPS) is 13.2. The third-order valence-electron chi connectivity index (χ3n) is 9.35. The van der Waals surface area contributed by atoms with Crippen LogP contribution >= 0.6 is 0 Å². The van der Waals surface area contributed by atoms with Crippen LogP contribution in [0.4, 0.5) is 0 Å². The molecule has 218 valence electrons. The highest BCUT2D eigenvalue weighted by Gasteiger charge is 2.35. The Bertz CT molecular complexity index is 2380. The molecule has 0 aliphatic heterocycles. The van der Waals surface area contributed by atoms with E-state index in [9.17, 15) is 0 Å². The lowest BCUT2D eigenvalue weighted by Gasteiger charge is -2.22. The molecule has 0 unspecified atom stereocenters. The van der Waals surface area contributed by atoms with Crippen LogP contribution in [-0.4, -0.2) is 15.0 Å². The van der Waals surface area contributed by atoms with Gasteiger partial charge in [0, 0.05) is 32.9 Å². The summed E-state index contributed by atoms with van der Waals surface area (Å²) < 4.78 is 6.42. The Balaban J connectivity index is 1.22. The van der Waals surface area contributed by atoms with Gasteiger partial charge in [-0.3, -0.25) is 0 Å². The minimum Gasteiger partial charge on any atom is -0.456 e. The molecule has 46 heavy (non-hydrogen) atoms. The van der Waals surface area contributed by atoms with Crippen LogP contribution in [-0.2, 0) is 5.41 Å². The van der Waals surface area contributed by atoms with Gasteiger partial charge in [-0.15, -0.1) is 0 Å². The SMILES string of the molecule is CC1(C)c2ccccc2-c2ccc(-c3cccc4oc5ccc(-c6nc(-c7ccccc7)nc(-c7ccccc7)n6)cc5c34)cc21. The molecule has 0 radical (unpaired) electrons. The van der Waals surface area contributed by atoms with Gasteiger partial charge in [-0.05, 0) is 63.7 Å². The van der Waals surface area contributed by atoms with Gasteiger partial charge < -0.3 is 4.42 Å². The Kier molecular flexibility index (Phi) is 5.81. The highest BCUT2D eigenvalue weighted by molar-refractivity contribution is 6.13. The van der Waals surface area contributed by atoms with Gasteiger partial charge in [0.15, 0.2) is 17.5 Å². The molecule has 0 atom stereocenters. The van der Waals surface area contributed by atoms with E-state index in [4.69, 9.17) is 19.4 Å². The number of hydrogen-bond acceptors (Lipinski definition) is 4. The average molecular weight is 592 g/mol. The molecule has 6 aromatic carbocycles. The Morgan fingerprint density at radius 3 is 1.74 bits per heavy atom. The van der Waals surface area contributed by atoms with Gasteiger partial charge in [0.1, 0.15) is 11.2 Å². The molecule has 9 rings (SSSR count). The number of hydrogen-bond donors (Lipinski definition) is 0. The van der Waals surface area contributed by atoms with Crippen LogP contribution in [0.25, 0.3) is 78.4 Å². The summed E-state index contributed by atoms with van der Waals surface area (Å²) in [5.41, 5.74) is 12.1. The predicted octanol–water partition coefficient (Wildman–Crippen LogP) is 10.7. The van der Waals surface area contributed by atoms with E-state index >= 15 is 0 Å². The first-order valence-electron chi connectivity index (χ1n) is 15.6. The van der Waals surface area contributed by atoms with E-state index in [1.807, 2.05) is 72.8 Å². The minimum absolute atomic E-state index is 0.0763.